The maximum absolute atomic E-state index is 12.3. The van der Waals surface area contributed by atoms with Gasteiger partial charge in [0.25, 0.3) is 5.91 Å². The average molecular weight is 327 g/mol. The van der Waals surface area contributed by atoms with Crippen molar-refractivity contribution >= 4 is 29.1 Å². The van der Waals surface area contributed by atoms with E-state index in [1.54, 1.807) is 13.1 Å². The van der Waals surface area contributed by atoms with Gasteiger partial charge in [0.2, 0.25) is 0 Å². The summed E-state index contributed by atoms with van der Waals surface area (Å²) < 4.78 is 1.92. The second kappa shape index (κ2) is 6.52. The van der Waals surface area contributed by atoms with Crippen molar-refractivity contribution in [3.63, 3.8) is 0 Å². The van der Waals surface area contributed by atoms with E-state index in [1.807, 2.05) is 29.9 Å². The summed E-state index contributed by atoms with van der Waals surface area (Å²) in [5.74, 6) is -0.408. The Balaban J connectivity index is 2.13. The van der Waals surface area contributed by atoms with Crippen LogP contribution in [0.2, 0.25) is 10.0 Å². The quantitative estimate of drug-likeness (QED) is 0.938. The van der Waals surface area contributed by atoms with Gasteiger partial charge in [-0.05, 0) is 35.9 Å². The fraction of sp³-hybridized carbons (Fsp3) is 0.267. The van der Waals surface area contributed by atoms with Gasteiger partial charge in [0.1, 0.15) is 0 Å². The minimum absolute atomic E-state index is 0.384. The van der Waals surface area contributed by atoms with Gasteiger partial charge in [-0.15, -0.1) is 0 Å². The number of halogens is 2. The highest BCUT2D eigenvalue weighted by molar-refractivity contribution is 6.34. The molecule has 1 atom stereocenters. The average Bonchev–Trinajstić information content (AvgIpc) is 2.81. The maximum Gasteiger partial charge on any atom is 0.256 e. The number of aryl methyl sites for hydroxylation is 1. The lowest BCUT2D eigenvalue weighted by atomic mass is 10.1. The first-order valence-corrected chi connectivity index (χ1v) is 7.13. The minimum Gasteiger partial charge on any atom is -0.378 e. The Hall–Kier alpha value is -1.49. The molecule has 0 aliphatic rings. The molecule has 1 amide bonds. The van der Waals surface area contributed by atoms with Crippen LogP contribution in [0.15, 0.2) is 36.5 Å². The molecule has 0 spiro atoms. The van der Waals surface area contributed by atoms with E-state index in [2.05, 4.69) is 0 Å². The van der Waals surface area contributed by atoms with Crippen molar-refractivity contribution in [1.29, 1.82) is 0 Å². The van der Waals surface area contributed by atoms with Gasteiger partial charge in [0.15, 0.2) is 6.10 Å². The first-order chi connectivity index (χ1) is 9.88. The molecule has 0 aliphatic heterocycles. The molecule has 0 fully saturated rings. The molecule has 1 aromatic carbocycles. The Bertz CT molecular complexity index is 635. The lowest BCUT2D eigenvalue weighted by Gasteiger charge is -2.21. The molecule has 2 rings (SSSR count). The van der Waals surface area contributed by atoms with E-state index in [4.69, 9.17) is 23.2 Å². The molecule has 21 heavy (non-hydrogen) atoms. The zero-order chi connectivity index (χ0) is 15.6. The third kappa shape index (κ3) is 3.79. The molecule has 2 aromatic rings. The van der Waals surface area contributed by atoms with E-state index in [0.717, 1.165) is 5.69 Å². The summed E-state index contributed by atoms with van der Waals surface area (Å²) in [5, 5.41) is 11.0. The van der Waals surface area contributed by atoms with E-state index >= 15 is 0 Å². The number of likely N-dealkylation sites (N-methyl/N-ethyl adjacent to an activating group) is 1. The number of carbonyl (C=O) groups is 1. The number of hydrogen-bond acceptors (Lipinski definition) is 2. The normalized spacial score (nSPS) is 12.2. The Kier molecular flexibility index (Phi) is 4.93. The third-order valence-electron chi connectivity index (χ3n) is 3.26. The van der Waals surface area contributed by atoms with Gasteiger partial charge < -0.3 is 14.6 Å². The van der Waals surface area contributed by atoms with Crippen LogP contribution in [0.4, 0.5) is 0 Å². The highest BCUT2D eigenvalue weighted by Gasteiger charge is 2.22. The monoisotopic (exact) mass is 326 g/mol. The maximum atomic E-state index is 12.3. The van der Waals surface area contributed by atoms with Crippen LogP contribution >= 0.6 is 23.2 Å². The van der Waals surface area contributed by atoms with Crippen molar-refractivity contribution in [1.82, 2.24) is 9.47 Å². The second-order valence-electron chi connectivity index (χ2n) is 4.91. The molecule has 6 heteroatoms. The van der Waals surface area contributed by atoms with Crippen molar-refractivity contribution in [3.05, 3.63) is 57.8 Å². The van der Waals surface area contributed by atoms with E-state index < -0.39 is 12.0 Å². The van der Waals surface area contributed by atoms with Gasteiger partial charge in [0.05, 0.1) is 6.54 Å². The van der Waals surface area contributed by atoms with Crippen LogP contribution in [0.5, 0.6) is 0 Å². The van der Waals surface area contributed by atoms with Crippen LogP contribution in [0.1, 0.15) is 17.4 Å². The summed E-state index contributed by atoms with van der Waals surface area (Å²) in [7, 11) is 3.55. The number of aliphatic hydroxyl groups excluding tert-OH is 1. The van der Waals surface area contributed by atoms with Crippen molar-refractivity contribution in [3.8, 4) is 0 Å². The molecule has 0 bridgehead atoms. The summed E-state index contributed by atoms with van der Waals surface area (Å²) in [6.07, 6.45) is 0.618. The van der Waals surface area contributed by atoms with Crippen molar-refractivity contribution < 1.29 is 9.90 Å². The first kappa shape index (κ1) is 15.9. The number of carbonyl (C=O) groups excluding carboxylic acids is 1. The number of aliphatic hydroxyl groups is 1. The topological polar surface area (TPSA) is 45.5 Å². The summed E-state index contributed by atoms with van der Waals surface area (Å²) in [6, 6.07) is 8.45. The van der Waals surface area contributed by atoms with E-state index in [9.17, 15) is 9.90 Å². The second-order valence-corrected chi connectivity index (χ2v) is 5.78. The van der Waals surface area contributed by atoms with Crippen molar-refractivity contribution in [2.45, 2.75) is 12.6 Å². The third-order valence-corrected chi connectivity index (χ3v) is 3.70. The van der Waals surface area contributed by atoms with Crippen LogP contribution in [-0.4, -0.2) is 27.5 Å². The van der Waals surface area contributed by atoms with Crippen molar-refractivity contribution in [2.24, 2.45) is 7.05 Å². The van der Waals surface area contributed by atoms with Gasteiger partial charge in [-0.2, -0.15) is 0 Å². The Labute approximate surface area is 133 Å². The number of amides is 1. The highest BCUT2D eigenvalue weighted by atomic mass is 35.5. The van der Waals surface area contributed by atoms with Crippen LogP contribution in [0.25, 0.3) is 0 Å². The molecule has 0 radical (unpaired) electrons. The van der Waals surface area contributed by atoms with E-state index in [0.29, 0.717) is 22.2 Å². The Morgan fingerprint density at radius 2 is 1.95 bits per heavy atom. The first-order valence-electron chi connectivity index (χ1n) is 6.37. The number of benzene rings is 1. The summed E-state index contributed by atoms with van der Waals surface area (Å²) in [5.41, 5.74) is 1.36. The van der Waals surface area contributed by atoms with Crippen LogP contribution in [0.3, 0.4) is 0 Å². The molecular weight excluding hydrogens is 311 g/mol. The number of aromatic nitrogens is 1. The molecule has 1 N–H and O–H groups in total. The molecule has 1 heterocycles. The molecule has 4 nitrogen and oxygen atoms in total. The molecule has 112 valence electrons. The summed E-state index contributed by atoms with van der Waals surface area (Å²) >= 11 is 11.8. The number of hydrogen-bond donors (Lipinski definition) is 1. The zero-order valence-electron chi connectivity index (χ0n) is 11.8. The van der Waals surface area contributed by atoms with Gasteiger partial charge >= 0.3 is 0 Å². The van der Waals surface area contributed by atoms with Gasteiger partial charge in [0, 0.05) is 36.0 Å². The smallest absolute Gasteiger partial charge is 0.256 e. The largest absolute Gasteiger partial charge is 0.378 e. The molecule has 1 unspecified atom stereocenters. The van der Waals surface area contributed by atoms with Crippen LogP contribution in [0, 0.1) is 0 Å². The zero-order valence-corrected chi connectivity index (χ0v) is 13.3. The summed E-state index contributed by atoms with van der Waals surface area (Å²) in [6.45, 7) is 0.410. The van der Waals surface area contributed by atoms with Crippen molar-refractivity contribution in [2.75, 3.05) is 7.05 Å². The molecule has 0 aliphatic carbocycles. The fourth-order valence-corrected chi connectivity index (χ4v) is 2.61. The lowest BCUT2D eigenvalue weighted by Crippen LogP contribution is -2.31. The predicted molar refractivity (Wildman–Crippen MR) is 83.3 cm³/mol. The minimum atomic E-state index is -1.29. The molecule has 1 aromatic heterocycles. The number of nitrogens with zero attached hydrogens (tertiary/aromatic N) is 2. The SMILES string of the molecule is CN(Cc1cccn1C)C(=O)C(O)c1cc(Cl)cc(Cl)c1. The lowest BCUT2D eigenvalue weighted by molar-refractivity contribution is -0.139. The Morgan fingerprint density at radius 3 is 2.48 bits per heavy atom. The molecule has 0 saturated carbocycles. The van der Waals surface area contributed by atoms with Gasteiger partial charge in [-0.1, -0.05) is 23.2 Å². The standard InChI is InChI=1S/C15H16Cl2N2O2/c1-18-5-3-4-13(18)9-19(2)15(21)14(20)10-6-11(16)8-12(17)7-10/h3-8,14,20H,9H2,1-2H3. The van der Waals surface area contributed by atoms with Gasteiger partial charge in [-0.3, -0.25) is 4.79 Å². The van der Waals surface area contributed by atoms with E-state index in [1.165, 1.54) is 17.0 Å². The van der Waals surface area contributed by atoms with Gasteiger partial charge in [-0.25, -0.2) is 0 Å². The summed E-state index contributed by atoms with van der Waals surface area (Å²) in [4.78, 5) is 13.8. The van der Waals surface area contributed by atoms with E-state index in [-0.39, 0.29) is 0 Å². The molecule has 0 saturated heterocycles. The highest BCUT2D eigenvalue weighted by Crippen LogP contribution is 2.24. The Morgan fingerprint density at radius 1 is 1.33 bits per heavy atom. The predicted octanol–water partition coefficient (Wildman–Crippen LogP) is 3.02. The molecular formula is C15H16Cl2N2O2. The number of rotatable bonds is 4. The fourth-order valence-electron chi connectivity index (χ4n) is 2.07. The van der Waals surface area contributed by atoms with Crippen LogP contribution < -0.4 is 0 Å². The van der Waals surface area contributed by atoms with Crippen LogP contribution in [-0.2, 0) is 18.4 Å².